The van der Waals surface area contributed by atoms with Gasteiger partial charge >= 0.3 is 6.03 Å². The molecular weight excluding hydrogens is 216 g/mol. The third-order valence-electron chi connectivity index (χ3n) is 2.52. The van der Waals surface area contributed by atoms with E-state index in [1.807, 2.05) is 44.2 Å². The summed E-state index contributed by atoms with van der Waals surface area (Å²) in [6, 6.07) is 9.61. The Morgan fingerprint density at radius 3 is 2.47 bits per heavy atom. The largest absolute Gasteiger partial charge is 0.377 e. The molecule has 4 heteroatoms. The first-order valence-electron chi connectivity index (χ1n) is 5.64. The molecule has 0 saturated carbocycles. The van der Waals surface area contributed by atoms with Crippen molar-refractivity contribution in [1.82, 2.24) is 10.6 Å². The maximum absolute atomic E-state index is 11.5. The van der Waals surface area contributed by atoms with Gasteiger partial charge in [-0.3, -0.25) is 0 Å². The van der Waals surface area contributed by atoms with Gasteiger partial charge < -0.3 is 15.4 Å². The van der Waals surface area contributed by atoms with E-state index in [-0.39, 0.29) is 11.6 Å². The second kappa shape index (κ2) is 6.25. The van der Waals surface area contributed by atoms with E-state index in [2.05, 4.69) is 10.6 Å². The Balaban J connectivity index is 2.27. The van der Waals surface area contributed by atoms with Crippen LogP contribution in [0.3, 0.4) is 0 Å². The fourth-order valence-corrected chi connectivity index (χ4v) is 1.21. The first kappa shape index (κ1) is 13.5. The Hall–Kier alpha value is -1.55. The van der Waals surface area contributed by atoms with Crippen LogP contribution in [-0.2, 0) is 11.3 Å². The number of urea groups is 1. The maximum atomic E-state index is 11.5. The van der Waals surface area contributed by atoms with E-state index in [0.29, 0.717) is 13.1 Å². The van der Waals surface area contributed by atoms with Crippen molar-refractivity contribution in [3.63, 3.8) is 0 Å². The van der Waals surface area contributed by atoms with Crippen molar-refractivity contribution in [3.8, 4) is 0 Å². The number of benzene rings is 1. The monoisotopic (exact) mass is 236 g/mol. The van der Waals surface area contributed by atoms with E-state index in [1.165, 1.54) is 0 Å². The van der Waals surface area contributed by atoms with Crippen LogP contribution in [0.2, 0.25) is 0 Å². The van der Waals surface area contributed by atoms with Crippen LogP contribution >= 0.6 is 0 Å². The molecule has 0 aromatic heterocycles. The predicted molar refractivity (Wildman–Crippen MR) is 67.8 cm³/mol. The highest BCUT2D eigenvalue weighted by Gasteiger charge is 2.16. The Labute approximate surface area is 102 Å². The van der Waals surface area contributed by atoms with Gasteiger partial charge in [-0.25, -0.2) is 4.79 Å². The molecule has 0 atom stereocenters. The summed E-state index contributed by atoms with van der Waals surface area (Å²) in [5.74, 6) is 0. The topological polar surface area (TPSA) is 50.4 Å². The van der Waals surface area contributed by atoms with Crippen LogP contribution in [0.25, 0.3) is 0 Å². The summed E-state index contributed by atoms with van der Waals surface area (Å²) in [7, 11) is 1.63. The maximum Gasteiger partial charge on any atom is 0.315 e. The van der Waals surface area contributed by atoms with Crippen molar-refractivity contribution in [2.45, 2.75) is 26.0 Å². The van der Waals surface area contributed by atoms with Crippen molar-refractivity contribution >= 4 is 6.03 Å². The molecule has 94 valence electrons. The lowest BCUT2D eigenvalue weighted by molar-refractivity contribution is 0.0254. The lowest BCUT2D eigenvalue weighted by atomic mass is 10.1. The lowest BCUT2D eigenvalue weighted by Crippen LogP contribution is -2.44. The zero-order chi connectivity index (χ0) is 12.7. The van der Waals surface area contributed by atoms with Gasteiger partial charge in [0.2, 0.25) is 0 Å². The summed E-state index contributed by atoms with van der Waals surface area (Å²) >= 11 is 0. The van der Waals surface area contributed by atoms with Crippen LogP contribution in [-0.4, -0.2) is 25.3 Å². The number of rotatable bonds is 5. The van der Waals surface area contributed by atoms with Gasteiger partial charge in [0.15, 0.2) is 0 Å². The van der Waals surface area contributed by atoms with Crippen molar-refractivity contribution in [3.05, 3.63) is 35.9 Å². The number of methoxy groups -OCH3 is 1. The highest BCUT2D eigenvalue weighted by molar-refractivity contribution is 5.73. The molecule has 0 saturated heterocycles. The van der Waals surface area contributed by atoms with Crippen LogP contribution in [0.1, 0.15) is 19.4 Å². The normalized spacial score (nSPS) is 11.0. The molecule has 0 aliphatic rings. The molecule has 1 aromatic carbocycles. The number of ether oxygens (including phenoxy) is 1. The van der Waals surface area contributed by atoms with Crippen LogP contribution in [0, 0.1) is 0 Å². The fourth-order valence-electron chi connectivity index (χ4n) is 1.21. The molecule has 2 amide bonds. The van der Waals surface area contributed by atoms with Gasteiger partial charge in [0, 0.05) is 20.2 Å². The molecular formula is C13H20N2O2. The molecule has 17 heavy (non-hydrogen) atoms. The van der Waals surface area contributed by atoms with Gasteiger partial charge in [-0.2, -0.15) is 0 Å². The minimum absolute atomic E-state index is 0.182. The summed E-state index contributed by atoms with van der Waals surface area (Å²) in [5, 5.41) is 5.56. The van der Waals surface area contributed by atoms with Crippen LogP contribution in [0.5, 0.6) is 0 Å². The summed E-state index contributed by atoms with van der Waals surface area (Å²) < 4.78 is 5.21. The first-order chi connectivity index (χ1) is 8.03. The molecule has 1 rings (SSSR count). The van der Waals surface area contributed by atoms with Crippen LogP contribution < -0.4 is 10.6 Å². The SMILES string of the molecule is COC(C)(C)CNC(=O)NCc1ccccc1. The van der Waals surface area contributed by atoms with Crippen molar-refractivity contribution < 1.29 is 9.53 Å². The average molecular weight is 236 g/mol. The molecule has 0 aliphatic carbocycles. The van der Waals surface area contributed by atoms with E-state index < -0.39 is 0 Å². The Bertz CT molecular complexity index is 350. The van der Waals surface area contributed by atoms with E-state index in [1.54, 1.807) is 7.11 Å². The van der Waals surface area contributed by atoms with Crippen molar-refractivity contribution in [2.24, 2.45) is 0 Å². The van der Waals surface area contributed by atoms with Gasteiger partial charge in [0.1, 0.15) is 0 Å². The van der Waals surface area contributed by atoms with Gasteiger partial charge in [-0.1, -0.05) is 30.3 Å². The minimum Gasteiger partial charge on any atom is -0.377 e. The minimum atomic E-state index is -0.343. The van der Waals surface area contributed by atoms with E-state index in [0.717, 1.165) is 5.56 Å². The number of carbonyl (C=O) groups is 1. The quantitative estimate of drug-likeness (QED) is 0.820. The third-order valence-corrected chi connectivity index (χ3v) is 2.52. The standard InChI is InChI=1S/C13H20N2O2/c1-13(2,17-3)10-15-12(16)14-9-11-7-5-4-6-8-11/h4-8H,9-10H2,1-3H3,(H2,14,15,16). The fraction of sp³-hybridized carbons (Fsp3) is 0.462. The van der Waals surface area contributed by atoms with Gasteiger partial charge in [0.05, 0.1) is 5.60 Å². The zero-order valence-electron chi connectivity index (χ0n) is 10.6. The smallest absolute Gasteiger partial charge is 0.315 e. The van der Waals surface area contributed by atoms with Gasteiger partial charge in [-0.05, 0) is 19.4 Å². The number of amides is 2. The van der Waals surface area contributed by atoms with Gasteiger partial charge in [0.25, 0.3) is 0 Å². The van der Waals surface area contributed by atoms with Gasteiger partial charge in [-0.15, -0.1) is 0 Å². The summed E-state index contributed by atoms with van der Waals surface area (Å²) in [6.45, 7) is 4.85. The molecule has 1 aromatic rings. The molecule has 0 heterocycles. The number of nitrogens with one attached hydrogen (secondary N) is 2. The Morgan fingerprint density at radius 1 is 1.24 bits per heavy atom. The molecule has 0 unspecified atom stereocenters. The van der Waals surface area contributed by atoms with Crippen LogP contribution in [0.4, 0.5) is 4.79 Å². The highest BCUT2D eigenvalue weighted by Crippen LogP contribution is 2.04. The Morgan fingerprint density at radius 2 is 1.88 bits per heavy atom. The molecule has 0 radical (unpaired) electrons. The van der Waals surface area contributed by atoms with Crippen molar-refractivity contribution in [1.29, 1.82) is 0 Å². The van der Waals surface area contributed by atoms with E-state index >= 15 is 0 Å². The molecule has 0 fully saturated rings. The lowest BCUT2D eigenvalue weighted by Gasteiger charge is -2.23. The second-order valence-electron chi connectivity index (χ2n) is 4.49. The molecule has 2 N–H and O–H groups in total. The molecule has 0 spiro atoms. The highest BCUT2D eigenvalue weighted by atomic mass is 16.5. The van der Waals surface area contributed by atoms with Crippen molar-refractivity contribution in [2.75, 3.05) is 13.7 Å². The number of hydrogen-bond donors (Lipinski definition) is 2. The molecule has 0 bridgehead atoms. The summed E-state index contributed by atoms with van der Waals surface area (Å²) in [4.78, 5) is 11.5. The average Bonchev–Trinajstić information content (AvgIpc) is 2.35. The summed E-state index contributed by atoms with van der Waals surface area (Å²) in [5.41, 5.74) is 0.734. The number of hydrogen-bond acceptors (Lipinski definition) is 2. The Kier molecular flexibility index (Phi) is 4.97. The first-order valence-corrected chi connectivity index (χ1v) is 5.64. The predicted octanol–water partition coefficient (Wildman–Crippen LogP) is 1.91. The second-order valence-corrected chi connectivity index (χ2v) is 4.49. The molecule has 4 nitrogen and oxygen atoms in total. The number of carbonyl (C=O) groups excluding carboxylic acids is 1. The summed E-state index contributed by atoms with van der Waals surface area (Å²) in [6.07, 6.45) is 0. The third kappa shape index (κ3) is 5.36. The molecule has 0 aliphatic heterocycles. The zero-order valence-corrected chi connectivity index (χ0v) is 10.6. The van der Waals surface area contributed by atoms with E-state index in [4.69, 9.17) is 4.74 Å². The van der Waals surface area contributed by atoms with Crippen LogP contribution in [0.15, 0.2) is 30.3 Å². The van der Waals surface area contributed by atoms with E-state index in [9.17, 15) is 4.79 Å².